The van der Waals surface area contributed by atoms with Crippen molar-refractivity contribution in [3.63, 3.8) is 0 Å². The molecule has 6 nitrogen and oxygen atoms in total. The molecule has 1 heterocycles. The number of rotatable bonds is 4. The molecule has 2 atom stereocenters. The first-order chi connectivity index (χ1) is 11.6. The molecule has 2 amide bonds. The van der Waals surface area contributed by atoms with E-state index in [1.807, 2.05) is 6.07 Å². The smallest absolute Gasteiger partial charge is 0.256 e. The number of hydrogen-bond acceptors (Lipinski definition) is 4. The van der Waals surface area contributed by atoms with Crippen LogP contribution < -0.4 is 16.4 Å². The summed E-state index contributed by atoms with van der Waals surface area (Å²) < 4.78 is 0. The second kappa shape index (κ2) is 10.1. The number of amides is 2. The predicted octanol–water partition coefficient (Wildman–Crippen LogP) is 3.24. The lowest BCUT2D eigenvalue weighted by Crippen LogP contribution is -2.23. The third-order valence-electron chi connectivity index (χ3n) is 4.15. The second-order valence-corrected chi connectivity index (χ2v) is 6.01. The van der Waals surface area contributed by atoms with Crippen LogP contribution in [0, 0.1) is 5.92 Å². The average molecular weight is 397 g/mol. The summed E-state index contributed by atoms with van der Waals surface area (Å²) in [6.07, 6.45) is 3.98. The molecule has 0 saturated heterocycles. The third kappa shape index (κ3) is 5.69. The molecule has 0 aliphatic heterocycles. The molecule has 1 fully saturated rings. The molecule has 0 radical (unpaired) electrons. The molecule has 2 unspecified atom stereocenters. The van der Waals surface area contributed by atoms with E-state index in [1.165, 1.54) is 6.20 Å². The van der Waals surface area contributed by atoms with Crippen LogP contribution in [0.2, 0.25) is 0 Å². The van der Waals surface area contributed by atoms with Crippen molar-refractivity contribution in [2.24, 2.45) is 11.7 Å². The molecule has 1 saturated carbocycles. The van der Waals surface area contributed by atoms with Gasteiger partial charge in [-0.2, -0.15) is 0 Å². The summed E-state index contributed by atoms with van der Waals surface area (Å²) >= 11 is 0. The fraction of sp³-hybridized carbons (Fsp3) is 0.278. The number of benzene rings is 1. The second-order valence-electron chi connectivity index (χ2n) is 6.01. The summed E-state index contributed by atoms with van der Waals surface area (Å²) in [5.41, 5.74) is 7.01. The number of hydrogen-bond donors (Lipinski definition) is 3. The number of carbonyl (C=O) groups excluding carboxylic acids is 2. The van der Waals surface area contributed by atoms with Crippen molar-refractivity contribution in [2.75, 3.05) is 10.6 Å². The van der Waals surface area contributed by atoms with Crippen LogP contribution in [0.5, 0.6) is 0 Å². The number of pyridine rings is 1. The van der Waals surface area contributed by atoms with E-state index in [0.717, 1.165) is 19.3 Å². The number of nitrogens with two attached hydrogens (primary N) is 1. The van der Waals surface area contributed by atoms with E-state index in [1.54, 1.807) is 36.4 Å². The van der Waals surface area contributed by atoms with E-state index in [-0.39, 0.29) is 48.6 Å². The fourth-order valence-corrected chi connectivity index (χ4v) is 2.82. The first-order valence-electron chi connectivity index (χ1n) is 8.01. The zero-order valence-electron chi connectivity index (χ0n) is 14.1. The Kier molecular flexibility index (Phi) is 8.51. The van der Waals surface area contributed by atoms with Crippen molar-refractivity contribution in [3.05, 3.63) is 54.2 Å². The van der Waals surface area contributed by atoms with E-state index in [0.29, 0.717) is 17.1 Å². The highest BCUT2D eigenvalue weighted by atomic mass is 35.5. The van der Waals surface area contributed by atoms with Gasteiger partial charge in [0.05, 0.1) is 11.9 Å². The van der Waals surface area contributed by atoms with Gasteiger partial charge in [0.2, 0.25) is 5.91 Å². The molecule has 1 aromatic heterocycles. The Morgan fingerprint density at radius 2 is 1.73 bits per heavy atom. The van der Waals surface area contributed by atoms with Crippen LogP contribution in [0.15, 0.2) is 48.7 Å². The molecule has 1 aromatic carbocycles. The van der Waals surface area contributed by atoms with Gasteiger partial charge in [0, 0.05) is 17.5 Å². The maximum absolute atomic E-state index is 12.1. The van der Waals surface area contributed by atoms with Crippen LogP contribution in [0.25, 0.3) is 0 Å². The molecule has 3 rings (SSSR count). The van der Waals surface area contributed by atoms with Gasteiger partial charge in [-0.05, 0) is 43.5 Å². The highest BCUT2D eigenvalue weighted by molar-refractivity contribution is 6.03. The molecular formula is C18H22Cl2N4O2. The molecule has 1 aliphatic rings. The molecule has 0 bridgehead atoms. The first kappa shape index (κ1) is 21.9. The summed E-state index contributed by atoms with van der Waals surface area (Å²) in [4.78, 5) is 28.4. The van der Waals surface area contributed by atoms with Crippen LogP contribution in [0.3, 0.4) is 0 Å². The van der Waals surface area contributed by atoms with Gasteiger partial charge >= 0.3 is 0 Å². The Bertz CT molecular complexity index is 726. The lowest BCUT2D eigenvalue weighted by molar-refractivity contribution is -0.119. The number of carbonyl (C=O) groups is 2. The minimum absolute atomic E-state index is 0. The lowest BCUT2D eigenvalue weighted by atomic mass is 10.1. The van der Waals surface area contributed by atoms with E-state index < -0.39 is 0 Å². The monoisotopic (exact) mass is 396 g/mol. The van der Waals surface area contributed by atoms with Gasteiger partial charge in [-0.1, -0.05) is 18.2 Å². The van der Waals surface area contributed by atoms with Gasteiger partial charge in [-0.3, -0.25) is 9.59 Å². The number of anilines is 2. The van der Waals surface area contributed by atoms with Crippen LogP contribution in [0.1, 0.15) is 29.6 Å². The number of aromatic nitrogens is 1. The molecular weight excluding hydrogens is 375 g/mol. The number of nitrogens with zero attached hydrogens (tertiary/aromatic N) is 1. The van der Waals surface area contributed by atoms with Gasteiger partial charge in [0.15, 0.2) is 0 Å². The maximum Gasteiger partial charge on any atom is 0.256 e. The highest BCUT2D eigenvalue weighted by Gasteiger charge is 2.27. The predicted molar refractivity (Wildman–Crippen MR) is 107 cm³/mol. The third-order valence-corrected chi connectivity index (χ3v) is 4.15. The zero-order chi connectivity index (χ0) is 16.9. The lowest BCUT2D eigenvalue weighted by Gasteiger charge is -2.11. The Balaban J connectivity index is 0.00000169. The van der Waals surface area contributed by atoms with Gasteiger partial charge in [-0.25, -0.2) is 4.98 Å². The van der Waals surface area contributed by atoms with Crippen molar-refractivity contribution >= 4 is 48.1 Å². The van der Waals surface area contributed by atoms with Crippen molar-refractivity contribution in [1.82, 2.24) is 4.98 Å². The first-order valence-corrected chi connectivity index (χ1v) is 8.01. The number of nitrogens with one attached hydrogen (secondary N) is 2. The molecule has 2 aromatic rings. The Hall–Kier alpha value is -2.15. The Labute approximate surface area is 164 Å². The van der Waals surface area contributed by atoms with E-state index in [9.17, 15) is 9.59 Å². The van der Waals surface area contributed by atoms with Crippen molar-refractivity contribution in [2.45, 2.75) is 25.3 Å². The molecule has 4 N–H and O–H groups in total. The number of halogens is 2. The Morgan fingerprint density at radius 3 is 2.31 bits per heavy atom. The summed E-state index contributed by atoms with van der Waals surface area (Å²) in [5, 5.41) is 5.57. The Morgan fingerprint density at radius 1 is 1.00 bits per heavy atom. The quantitative estimate of drug-likeness (QED) is 0.738. The van der Waals surface area contributed by atoms with E-state index >= 15 is 0 Å². The standard InChI is InChI=1S/C18H20N4O2.2ClH/c19-14-7-6-13(10-14)18(24)21-15-8-9-16(20-11-15)22-17(23)12-4-2-1-3-5-12;;/h1-5,8-9,11,13-14H,6-7,10,19H2,(H,21,24)(H,20,22,23);2*1H. The molecule has 0 spiro atoms. The van der Waals surface area contributed by atoms with Crippen molar-refractivity contribution in [3.8, 4) is 0 Å². The molecule has 140 valence electrons. The van der Waals surface area contributed by atoms with Gasteiger partial charge in [0.1, 0.15) is 5.82 Å². The summed E-state index contributed by atoms with van der Waals surface area (Å²) in [6, 6.07) is 12.4. The maximum atomic E-state index is 12.1. The largest absolute Gasteiger partial charge is 0.328 e. The average Bonchev–Trinajstić information content (AvgIpc) is 3.04. The fourth-order valence-electron chi connectivity index (χ4n) is 2.82. The van der Waals surface area contributed by atoms with Gasteiger partial charge in [0.25, 0.3) is 5.91 Å². The van der Waals surface area contributed by atoms with Crippen LogP contribution in [0.4, 0.5) is 11.5 Å². The zero-order valence-corrected chi connectivity index (χ0v) is 15.7. The van der Waals surface area contributed by atoms with Crippen LogP contribution in [-0.4, -0.2) is 22.8 Å². The van der Waals surface area contributed by atoms with Gasteiger partial charge < -0.3 is 16.4 Å². The van der Waals surface area contributed by atoms with Crippen molar-refractivity contribution in [1.29, 1.82) is 0 Å². The highest BCUT2D eigenvalue weighted by Crippen LogP contribution is 2.25. The van der Waals surface area contributed by atoms with E-state index in [4.69, 9.17) is 5.73 Å². The minimum Gasteiger partial charge on any atom is -0.328 e. The molecule has 26 heavy (non-hydrogen) atoms. The van der Waals surface area contributed by atoms with Crippen LogP contribution >= 0.6 is 24.8 Å². The summed E-state index contributed by atoms with van der Waals surface area (Å²) in [6.45, 7) is 0. The van der Waals surface area contributed by atoms with E-state index in [2.05, 4.69) is 15.6 Å². The molecule has 1 aliphatic carbocycles. The summed E-state index contributed by atoms with van der Waals surface area (Å²) in [7, 11) is 0. The topological polar surface area (TPSA) is 97.1 Å². The van der Waals surface area contributed by atoms with Gasteiger partial charge in [-0.15, -0.1) is 24.8 Å². The van der Waals surface area contributed by atoms with Crippen molar-refractivity contribution < 1.29 is 9.59 Å². The SMILES string of the molecule is Cl.Cl.NC1CCC(C(=O)Nc2ccc(NC(=O)c3ccccc3)nc2)C1. The normalized spacial score (nSPS) is 18.2. The van der Waals surface area contributed by atoms with Crippen LogP contribution in [-0.2, 0) is 4.79 Å². The summed E-state index contributed by atoms with van der Waals surface area (Å²) in [5.74, 6) is 0.160. The molecule has 8 heteroatoms. The minimum atomic E-state index is -0.222.